The third kappa shape index (κ3) is 6.93. The summed E-state index contributed by atoms with van der Waals surface area (Å²) < 4.78 is 22.0. The SMILES string of the molecule is CS(=O)(=O)CCC(NC(=O)NCC1CCC(=O)N1)C(=O)O. The molecule has 1 rings (SSSR count). The second kappa shape index (κ2) is 7.25. The van der Waals surface area contributed by atoms with Crippen LogP contribution in [0.1, 0.15) is 19.3 Å². The molecule has 0 saturated carbocycles. The van der Waals surface area contributed by atoms with Crippen LogP contribution in [0.15, 0.2) is 0 Å². The molecule has 0 aromatic rings. The Morgan fingerprint density at radius 1 is 1.48 bits per heavy atom. The molecule has 0 bridgehead atoms. The second-order valence-electron chi connectivity index (χ2n) is 4.97. The van der Waals surface area contributed by atoms with E-state index in [0.717, 1.165) is 6.26 Å². The van der Waals surface area contributed by atoms with Crippen molar-refractivity contribution in [2.24, 2.45) is 0 Å². The Bertz CT molecular complexity index is 518. The molecule has 1 heterocycles. The summed E-state index contributed by atoms with van der Waals surface area (Å²) in [5.41, 5.74) is 0. The zero-order valence-electron chi connectivity index (χ0n) is 11.6. The molecule has 1 fully saturated rings. The lowest BCUT2D eigenvalue weighted by atomic mass is 10.2. The van der Waals surface area contributed by atoms with Gasteiger partial charge in [0.25, 0.3) is 0 Å². The van der Waals surface area contributed by atoms with E-state index in [1.165, 1.54) is 0 Å². The summed E-state index contributed by atoms with van der Waals surface area (Å²) >= 11 is 0. The van der Waals surface area contributed by atoms with Crippen molar-refractivity contribution in [1.82, 2.24) is 16.0 Å². The number of aliphatic carboxylic acids is 1. The third-order valence-electron chi connectivity index (χ3n) is 2.97. The smallest absolute Gasteiger partial charge is 0.326 e. The van der Waals surface area contributed by atoms with Crippen LogP contribution in [-0.2, 0) is 19.4 Å². The van der Waals surface area contributed by atoms with Gasteiger partial charge in [0.05, 0.1) is 5.75 Å². The Kier molecular flexibility index (Phi) is 5.94. The standard InChI is InChI=1S/C11H19N3O6S/c1-21(19,20)5-4-8(10(16)17)14-11(18)12-6-7-2-3-9(15)13-7/h7-8H,2-6H2,1H3,(H,13,15)(H,16,17)(H2,12,14,18). The highest BCUT2D eigenvalue weighted by atomic mass is 32.2. The van der Waals surface area contributed by atoms with Crippen LogP contribution in [0.5, 0.6) is 0 Å². The van der Waals surface area contributed by atoms with Gasteiger partial charge in [-0.05, 0) is 12.8 Å². The summed E-state index contributed by atoms with van der Waals surface area (Å²) in [4.78, 5) is 33.5. The number of carboxylic acid groups (broad SMARTS) is 1. The molecule has 2 unspecified atom stereocenters. The average Bonchev–Trinajstić information content (AvgIpc) is 2.76. The van der Waals surface area contributed by atoms with E-state index in [2.05, 4.69) is 16.0 Å². The number of amides is 3. The van der Waals surface area contributed by atoms with E-state index in [-0.39, 0.29) is 30.7 Å². The van der Waals surface area contributed by atoms with Gasteiger partial charge in [-0.2, -0.15) is 0 Å². The van der Waals surface area contributed by atoms with Crippen molar-refractivity contribution in [3.63, 3.8) is 0 Å². The first-order valence-corrected chi connectivity index (χ1v) is 8.47. The lowest BCUT2D eigenvalue weighted by Gasteiger charge is -2.16. The fraction of sp³-hybridized carbons (Fsp3) is 0.727. The molecule has 0 aromatic heterocycles. The Labute approximate surface area is 122 Å². The Morgan fingerprint density at radius 3 is 2.62 bits per heavy atom. The predicted molar refractivity (Wildman–Crippen MR) is 73.5 cm³/mol. The maximum Gasteiger partial charge on any atom is 0.326 e. The van der Waals surface area contributed by atoms with Crippen molar-refractivity contribution in [3.05, 3.63) is 0 Å². The number of rotatable bonds is 7. The van der Waals surface area contributed by atoms with Crippen LogP contribution in [0.3, 0.4) is 0 Å². The van der Waals surface area contributed by atoms with E-state index >= 15 is 0 Å². The van der Waals surface area contributed by atoms with Crippen molar-refractivity contribution in [1.29, 1.82) is 0 Å². The van der Waals surface area contributed by atoms with E-state index in [1.807, 2.05) is 0 Å². The van der Waals surface area contributed by atoms with Crippen LogP contribution in [0, 0.1) is 0 Å². The fourth-order valence-corrected chi connectivity index (χ4v) is 2.51. The Morgan fingerprint density at radius 2 is 2.14 bits per heavy atom. The van der Waals surface area contributed by atoms with Gasteiger partial charge in [0.2, 0.25) is 5.91 Å². The van der Waals surface area contributed by atoms with E-state index in [1.54, 1.807) is 0 Å². The third-order valence-corrected chi connectivity index (χ3v) is 3.95. The predicted octanol–water partition coefficient (Wildman–Crippen LogP) is -1.55. The molecule has 9 nitrogen and oxygen atoms in total. The molecule has 1 aliphatic heterocycles. The summed E-state index contributed by atoms with van der Waals surface area (Å²) in [7, 11) is -3.30. The van der Waals surface area contributed by atoms with Gasteiger partial charge in [-0.15, -0.1) is 0 Å². The van der Waals surface area contributed by atoms with Gasteiger partial charge in [0.15, 0.2) is 0 Å². The van der Waals surface area contributed by atoms with Crippen LogP contribution >= 0.6 is 0 Å². The molecule has 1 aliphatic rings. The minimum atomic E-state index is -3.30. The molecule has 0 aromatic carbocycles. The molecule has 3 amide bonds. The van der Waals surface area contributed by atoms with Gasteiger partial charge in [0.1, 0.15) is 15.9 Å². The first kappa shape index (κ1) is 17.2. The number of hydrogen-bond donors (Lipinski definition) is 4. The molecule has 120 valence electrons. The van der Waals surface area contributed by atoms with Crippen LogP contribution in [0.2, 0.25) is 0 Å². The summed E-state index contributed by atoms with van der Waals surface area (Å²) in [5, 5.41) is 16.2. The van der Waals surface area contributed by atoms with Crippen LogP contribution in [0.4, 0.5) is 4.79 Å². The highest BCUT2D eigenvalue weighted by molar-refractivity contribution is 7.90. The van der Waals surface area contributed by atoms with Crippen molar-refractivity contribution in [2.75, 3.05) is 18.6 Å². The molecular weight excluding hydrogens is 302 g/mol. The minimum Gasteiger partial charge on any atom is -0.480 e. The number of nitrogens with one attached hydrogen (secondary N) is 3. The summed E-state index contributed by atoms with van der Waals surface area (Å²) in [6.45, 7) is 0.190. The van der Waals surface area contributed by atoms with Crippen LogP contribution in [0.25, 0.3) is 0 Å². The zero-order chi connectivity index (χ0) is 16.0. The van der Waals surface area contributed by atoms with Crippen LogP contribution < -0.4 is 16.0 Å². The lowest BCUT2D eigenvalue weighted by Crippen LogP contribution is -2.49. The number of carboxylic acids is 1. The van der Waals surface area contributed by atoms with E-state index in [4.69, 9.17) is 5.11 Å². The van der Waals surface area contributed by atoms with Gasteiger partial charge in [-0.25, -0.2) is 18.0 Å². The summed E-state index contributed by atoms with van der Waals surface area (Å²) in [6, 6.07) is -2.16. The maximum atomic E-state index is 11.6. The molecule has 4 N–H and O–H groups in total. The van der Waals surface area contributed by atoms with Gasteiger partial charge in [0, 0.05) is 25.3 Å². The monoisotopic (exact) mass is 321 g/mol. The molecule has 10 heteroatoms. The topological polar surface area (TPSA) is 142 Å². The second-order valence-corrected chi connectivity index (χ2v) is 7.23. The van der Waals surface area contributed by atoms with Crippen molar-refractivity contribution < 1.29 is 27.9 Å². The molecule has 21 heavy (non-hydrogen) atoms. The summed E-state index contributed by atoms with van der Waals surface area (Å²) in [6.07, 6.45) is 1.80. The molecule has 1 saturated heterocycles. The van der Waals surface area contributed by atoms with Crippen molar-refractivity contribution in [3.8, 4) is 0 Å². The largest absolute Gasteiger partial charge is 0.480 e. The van der Waals surface area contributed by atoms with Crippen LogP contribution in [-0.4, -0.2) is 62.1 Å². The average molecular weight is 321 g/mol. The summed E-state index contributed by atoms with van der Waals surface area (Å²) in [5.74, 6) is -1.72. The van der Waals surface area contributed by atoms with Gasteiger partial charge in [-0.1, -0.05) is 0 Å². The molecule has 0 aliphatic carbocycles. The minimum absolute atomic E-state index is 0.0845. The fourth-order valence-electron chi connectivity index (χ4n) is 1.84. The van der Waals surface area contributed by atoms with Crippen molar-refractivity contribution >= 4 is 27.7 Å². The van der Waals surface area contributed by atoms with Gasteiger partial charge in [-0.3, -0.25) is 4.79 Å². The molecule has 2 atom stereocenters. The Hall–Kier alpha value is -1.84. The van der Waals surface area contributed by atoms with Crippen molar-refractivity contribution in [2.45, 2.75) is 31.3 Å². The van der Waals surface area contributed by atoms with Gasteiger partial charge < -0.3 is 21.1 Å². The lowest BCUT2D eigenvalue weighted by molar-refractivity contribution is -0.139. The number of carbonyl (C=O) groups excluding carboxylic acids is 2. The Balaban J connectivity index is 2.38. The maximum absolute atomic E-state index is 11.6. The van der Waals surface area contributed by atoms with E-state index < -0.39 is 27.9 Å². The number of carbonyl (C=O) groups is 3. The van der Waals surface area contributed by atoms with E-state index in [0.29, 0.717) is 12.8 Å². The van der Waals surface area contributed by atoms with Gasteiger partial charge >= 0.3 is 12.0 Å². The molecule has 0 spiro atoms. The number of hydrogen-bond acceptors (Lipinski definition) is 5. The zero-order valence-corrected chi connectivity index (χ0v) is 12.4. The highest BCUT2D eigenvalue weighted by Gasteiger charge is 2.24. The molecule has 0 radical (unpaired) electrons. The number of urea groups is 1. The highest BCUT2D eigenvalue weighted by Crippen LogP contribution is 2.04. The first-order valence-electron chi connectivity index (χ1n) is 6.41. The number of sulfone groups is 1. The first-order chi connectivity index (χ1) is 9.67. The molecular formula is C11H19N3O6S. The normalized spacial score (nSPS) is 19.7. The quantitative estimate of drug-likeness (QED) is 0.447. The van der Waals surface area contributed by atoms with E-state index in [9.17, 15) is 22.8 Å².